The molecule has 1 fully saturated rings. The Hall–Kier alpha value is -2.48. The number of anilines is 1. The fraction of sp³-hybridized carbons (Fsp3) is 0.286. The van der Waals surface area contributed by atoms with Crippen molar-refractivity contribution in [3.63, 3.8) is 0 Å². The number of aromatic nitrogens is 1. The second kappa shape index (κ2) is 7.87. The number of fused-ring (bicyclic) bond motifs is 1. The van der Waals surface area contributed by atoms with Crippen molar-refractivity contribution in [1.82, 2.24) is 9.29 Å². The SMILES string of the molecule is O=S(=O)(c1cccc(NCc2cnc3ccccc3c2)c1)N1CCC(O)CC1. The van der Waals surface area contributed by atoms with Gasteiger partial charge >= 0.3 is 0 Å². The molecule has 4 rings (SSSR count). The van der Waals surface area contributed by atoms with Crippen LogP contribution in [0.5, 0.6) is 0 Å². The molecule has 0 amide bonds. The molecule has 146 valence electrons. The van der Waals surface area contributed by atoms with Gasteiger partial charge in [0, 0.05) is 36.9 Å². The van der Waals surface area contributed by atoms with Crippen molar-refractivity contribution in [3.05, 3.63) is 66.4 Å². The fourth-order valence-electron chi connectivity index (χ4n) is 3.42. The number of aliphatic hydroxyl groups is 1. The number of aliphatic hydroxyl groups excluding tert-OH is 1. The van der Waals surface area contributed by atoms with Crippen LogP contribution in [0.25, 0.3) is 10.9 Å². The highest BCUT2D eigenvalue weighted by Crippen LogP contribution is 2.23. The maximum absolute atomic E-state index is 12.9. The van der Waals surface area contributed by atoms with E-state index >= 15 is 0 Å². The standard InChI is InChI=1S/C21H23N3O3S/c25-19-8-10-24(11-9-19)28(26,27)20-6-3-5-18(13-20)22-14-16-12-17-4-1-2-7-21(17)23-15-16/h1-7,12-13,15,19,22,25H,8-11,14H2. The van der Waals surface area contributed by atoms with Gasteiger partial charge < -0.3 is 10.4 Å². The van der Waals surface area contributed by atoms with Crippen molar-refractivity contribution in [2.45, 2.75) is 30.4 Å². The normalized spacial score (nSPS) is 16.3. The van der Waals surface area contributed by atoms with E-state index in [9.17, 15) is 13.5 Å². The number of hydrogen-bond donors (Lipinski definition) is 2. The van der Waals surface area contributed by atoms with E-state index < -0.39 is 16.1 Å². The fourth-order valence-corrected chi connectivity index (χ4v) is 4.93. The van der Waals surface area contributed by atoms with Gasteiger partial charge in [0.1, 0.15) is 0 Å². The van der Waals surface area contributed by atoms with Gasteiger partial charge in [-0.3, -0.25) is 4.98 Å². The molecule has 6 nitrogen and oxygen atoms in total. The minimum absolute atomic E-state index is 0.269. The number of rotatable bonds is 5. The molecule has 1 aliphatic heterocycles. The largest absolute Gasteiger partial charge is 0.393 e. The number of nitrogens with zero attached hydrogens (tertiary/aromatic N) is 2. The van der Waals surface area contributed by atoms with E-state index in [1.54, 1.807) is 18.2 Å². The first-order chi connectivity index (χ1) is 13.5. The molecule has 1 aliphatic rings. The Bertz CT molecular complexity index is 1080. The monoisotopic (exact) mass is 397 g/mol. The zero-order valence-electron chi connectivity index (χ0n) is 15.5. The minimum atomic E-state index is -3.55. The van der Waals surface area contributed by atoms with E-state index in [2.05, 4.69) is 16.4 Å². The zero-order chi connectivity index (χ0) is 19.6. The number of sulfonamides is 1. The van der Waals surface area contributed by atoms with Gasteiger partial charge in [-0.2, -0.15) is 4.31 Å². The van der Waals surface area contributed by atoms with E-state index in [1.807, 2.05) is 36.5 Å². The first kappa shape index (κ1) is 18.9. The first-order valence-electron chi connectivity index (χ1n) is 9.38. The molecule has 0 unspecified atom stereocenters. The molecule has 0 aliphatic carbocycles. The highest BCUT2D eigenvalue weighted by Gasteiger charge is 2.28. The number of piperidine rings is 1. The maximum atomic E-state index is 12.9. The number of para-hydroxylation sites is 1. The van der Waals surface area contributed by atoms with Crippen LogP contribution in [-0.4, -0.2) is 42.0 Å². The molecule has 0 atom stereocenters. The van der Waals surface area contributed by atoms with Crippen LogP contribution in [0.15, 0.2) is 65.7 Å². The highest BCUT2D eigenvalue weighted by atomic mass is 32.2. The van der Waals surface area contributed by atoms with E-state index in [1.165, 1.54) is 4.31 Å². The van der Waals surface area contributed by atoms with E-state index in [-0.39, 0.29) is 4.90 Å². The highest BCUT2D eigenvalue weighted by molar-refractivity contribution is 7.89. The van der Waals surface area contributed by atoms with Crippen molar-refractivity contribution in [3.8, 4) is 0 Å². The van der Waals surface area contributed by atoms with Crippen molar-refractivity contribution in [2.75, 3.05) is 18.4 Å². The molecule has 0 spiro atoms. The van der Waals surface area contributed by atoms with Crippen LogP contribution in [0.3, 0.4) is 0 Å². The van der Waals surface area contributed by atoms with Gasteiger partial charge in [0.15, 0.2) is 0 Å². The summed E-state index contributed by atoms with van der Waals surface area (Å²) in [7, 11) is -3.55. The van der Waals surface area contributed by atoms with Crippen molar-refractivity contribution in [2.24, 2.45) is 0 Å². The summed E-state index contributed by atoms with van der Waals surface area (Å²) in [4.78, 5) is 4.72. The molecule has 2 aromatic carbocycles. The molecule has 1 aromatic heterocycles. The molecule has 1 saturated heterocycles. The van der Waals surface area contributed by atoms with E-state index in [4.69, 9.17) is 0 Å². The summed E-state index contributed by atoms with van der Waals surface area (Å²) in [5, 5.41) is 14.0. The second-order valence-corrected chi connectivity index (χ2v) is 8.99. The number of pyridine rings is 1. The van der Waals surface area contributed by atoms with Gasteiger partial charge in [0.25, 0.3) is 0 Å². The van der Waals surface area contributed by atoms with Crippen LogP contribution in [0.1, 0.15) is 18.4 Å². The Balaban J connectivity index is 1.48. The topological polar surface area (TPSA) is 82.5 Å². The lowest BCUT2D eigenvalue weighted by Gasteiger charge is -2.28. The molecule has 0 radical (unpaired) electrons. The predicted molar refractivity (Wildman–Crippen MR) is 110 cm³/mol. The molecular formula is C21H23N3O3S. The summed E-state index contributed by atoms with van der Waals surface area (Å²) in [6.07, 6.45) is 2.38. The van der Waals surface area contributed by atoms with Gasteiger partial charge in [0.05, 0.1) is 16.5 Å². The summed E-state index contributed by atoms with van der Waals surface area (Å²) >= 11 is 0. The van der Waals surface area contributed by atoms with E-state index in [0.717, 1.165) is 22.2 Å². The van der Waals surface area contributed by atoms with Gasteiger partial charge in [-0.25, -0.2) is 8.42 Å². The van der Waals surface area contributed by atoms with Gasteiger partial charge in [0.2, 0.25) is 10.0 Å². The summed E-state index contributed by atoms with van der Waals surface area (Å²) in [5.41, 5.74) is 2.72. The average Bonchev–Trinajstić information content (AvgIpc) is 2.72. The molecular weight excluding hydrogens is 374 g/mol. The molecule has 3 aromatic rings. The van der Waals surface area contributed by atoms with Crippen LogP contribution in [0.4, 0.5) is 5.69 Å². The van der Waals surface area contributed by atoms with Crippen molar-refractivity contribution < 1.29 is 13.5 Å². The second-order valence-electron chi connectivity index (χ2n) is 7.05. The zero-order valence-corrected chi connectivity index (χ0v) is 16.3. The van der Waals surface area contributed by atoms with E-state index in [0.29, 0.717) is 32.5 Å². The van der Waals surface area contributed by atoms with Gasteiger partial charge in [-0.15, -0.1) is 0 Å². The molecule has 2 N–H and O–H groups in total. The van der Waals surface area contributed by atoms with Crippen LogP contribution >= 0.6 is 0 Å². The van der Waals surface area contributed by atoms with Gasteiger partial charge in [-0.05, 0) is 48.7 Å². The number of hydrogen-bond acceptors (Lipinski definition) is 5. The van der Waals surface area contributed by atoms with Gasteiger partial charge in [-0.1, -0.05) is 24.3 Å². The lowest BCUT2D eigenvalue weighted by Crippen LogP contribution is -2.39. The Morgan fingerprint density at radius 1 is 1.07 bits per heavy atom. The quantitative estimate of drug-likeness (QED) is 0.692. The number of nitrogens with one attached hydrogen (secondary N) is 1. The minimum Gasteiger partial charge on any atom is -0.393 e. The third-order valence-electron chi connectivity index (χ3n) is 5.04. The Morgan fingerprint density at radius 2 is 1.86 bits per heavy atom. The summed E-state index contributed by atoms with van der Waals surface area (Å²) in [6.45, 7) is 1.26. The molecule has 2 heterocycles. The summed E-state index contributed by atoms with van der Waals surface area (Å²) < 4.78 is 27.2. The Kier molecular flexibility index (Phi) is 5.30. The Labute approximate surface area is 164 Å². The van der Waals surface area contributed by atoms with Crippen LogP contribution in [0.2, 0.25) is 0 Å². The Morgan fingerprint density at radius 3 is 2.68 bits per heavy atom. The van der Waals surface area contributed by atoms with Crippen LogP contribution in [-0.2, 0) is 16.6 Å². The molecule has 7 heteroatoms. The first-order valence-corrected chi connectivity index (χ1v) is 10.8. The average molecular weight is 398 g/mol. The third-order valence-corrected chi connectivity index (χ3v) is 6.93. The molecule has 0 saturated carbocycles. The third kappa shape index (κ3) is 4.01. The maximum Gasteiger partial charge on any atom is 0.243 e. The summed E-state index contributed by atoms with van der Waals surface area (Å²) in [5.74, 6) is 0. The van der Waals surface area contributed by atoms with Crippen molar-refractivity contribution in [1.29, 1.82) is 0 Å². The van der Waals surface area contributed by atoms with Crippen LogP contribution in [0, 0.1) is 0 Å². The lowest BCUT2D eigenvalue weighted by molar-refractivity contribution is 0.113. The molecule has 28 heavy (non-hydrogen) atoms. The van der Waals surface area contributed by atoms with Crippen molar-refractivity contribution >= 4 is 26.6 Å². The number of benzene rings is 2. The predicted octanol–water partition coefficient (Wildman–Crippen LogP) is 2.99. The summed E-state index contributed by atoms with van der Waals surface area (Å²) in [6, 6.07) is 16.9. The smallest absolute Gasteiger partial charge is 0.243 e. The molecule has 0 bridgehead atoms. The lowest BCUT2D eigenvalue weighted by atomic mass is 10.1. The van der Waals surface area contributed by atoms with Crippen LogP contribution < -0.4 is 5.32 Å².